The molecule has 1 fully saturated rings. The molecule has 2 unspecified atom stereocenters. The monoisotopic (exact) mass is 494 g/mol. The van der Waals surface area contributed by atoms with Gasteiger partial charge in [0, 0.05) is 5.92 Å². The Labute approximate surface area is 211 Å². The molecule has 2 nitrogen and oxygen atoms in total. The molecule has 0 spiro atoms. The Morgan fingerprint density at radius 1 is 0.972 bits per heavy atom. The highest BCUT2D eigenvalue weighted by Crippen LogP contribution is 2.38. The van der Waals surface area contributed by atoms with E-state index in [4.69, 9.17) is 9.47 Å². The van der Waals surface area contributed by atoms with E-state index in [1.54, 1.807) is 6.07 Å². The Hall–Kier alpha value is -3.05. The number of aryl methyl sites for hydroxylation is 1. The quantitative estimate of drug-likeness (QED) is 0.277. The summed E-state index contributed by atoms with van der Waals surface area (Å²) in [4.78, 5) is 0. The number of rotatable bonds is 9. The highest BCUT2D eigenvalue weighted by Gasteiger charge is 2.29. The summed E-state index contributed by atoms with van der Waals surface area (Å²) in [5.74, 6) is -1.19. The van der Waals surface area contributed by atoms with Crippen LogP contribution in [-0.2, 0) is 4.74 Å². The SMILES string of the molecule is CCCCOc1ccc(C2CCC(/C=C/c3ccc(-c4ccc(C)cc4)cc3)OC2)c(F)c1C(F)F. The summed E-state index contributed by atoms with van der Waals surface area (Å²) >= 11 is 0. The first-order chi connectivity index (χ1) is 17.5. The molecule has 190 valence electrons. The summed E-state index contributed by atoms with van der Waals surface area (Å²) in [6.07, 6.45) is 3.99. The van der Waals surface area contributed by atoms with Gasteiger partial charge >= 0.3 is 0 Å². The zero-order chi connectivity index (χ0) is 25.5. The highest BCUT2D eigenvalue weighted by atomic mass is 19.3. The molecule has 1 saturated heterocycles. The average Bonchev–Trinajstić information content (AvgIpc) is 2.89. The van der Waals surface area contributed by atoms with Gasteiger partial charge in [-0.1, -0.05) is 85.7 Å². The van der Waals surface area contributed by atoms with Crippen LogP contribution in [0, 0.1) is 12.7 Å². The van der Waals surface area contributed by atoms with E-state index in [9.17, 15) is 8.78 Å². The molecular weight excluding hydrogens is 461 g/mol. The van der Waals surface area contributed by atoms with Crippen LogP contribution in [0.1, 0.15) is 67.2 Å². The molecule has 3 aromatic carbocycles. The van der Waals surface area contributed by atoms with Crippen molar-refractivity contribution >= 4 is 6.08 Å². The van der Waals surface area contributed by atoms with Gasteiger partial charge in [-0.05, 0) is 54.5 Å². The van der Waals surface area contributed by atoms with Gasteiger partial charge in [0.15, 0.2) is 0 Å². The minimum absolute atomic E-state index is 0.0642. The van der Waals surface area contributed by atoms with E-state index in [0.717, 1.165) is 24.0 Å². The molecule has 0 radical (unpaired) electrons. The lowest BCUT2D eigenvalue weighted by atomic mass is 9.89. The number of hydrogen-bond donors (Lipinski definition) is 0. The van der Waals surface area contributed by atoms with Crippen molar-refractivity contribution in [3.05, 3.63) is 94.8 Å². The van der Waals surface area contributed by atoms with Crippen LogP contribution < -0.4 is 4.74 Å². The Bertz CT molecular complexity index is 1150. The summed E-state index contributed by atoms with van der Waals surface area (Å²) in [5.41, 5.74) is 4.29. The van der Waals surface area contributed by atoms with Crippen molar-refractivity contribution in [3.63, 3.8) is 0 Å². The minimum atomic E-state index is -2.93. The number of ether oxygens (including phenoxy) is 2. The van der Waals surface area contributed by atoms with Gasteiger partial charge in [0.25, 0.3) is 6.43 Å². The number of halogens is 3. The third-order valence-electron chi connectivity index (χ3n) is 6.69. The molecule has 0 aromatic heterocycles. The highest BCUT2D eigenvalue weighted by molar-refractivity contribution is 5.66. The molecular formula is C31H33F3O2. The van der Waals surface area contributed by atoms with E-state index < -0.39 is 17.8 Å². The molecule has 1 aliphatic heterocycles. The minimum Gasteiger partial charge on any atom is -0.493 e. The van der Waals surface area contributed by atoms with E-state index in [0.29, 0.717) is 19.4 Å². The molecule has 0 N–H and O–H groups in total. The number of alkyl halides is 2. The number of hydrogen-bond acceptors (Lipinski definition) is 2. The van der Waals surface area contributed by atoms with Crippen molar-refractivity contribution in [1.82, 2.24) is 0 Å². The van der Waals surface area contributed by atoms with Crippen LogP contribution in [0.15, 0.2) is 66.7 Å². The van der Waals surface area contributed by atoms with Crippen LogP contribution in [0.4, 0.5) is 13.2 Å². The van der Waals surface area contributed by atoms with Crippen LogP contribution in [0.2, 0.25) is 0 Å². The van der Waals surface area contributed by atoms with Gasteiger partial charge in [0.2, 0.25) is 0 Å². The van der Waals surface area contributed by atoms with E-state index in [2.05, 4.69) is 55.5 Å². The molecule has 5 heteroatoms. The second-order valence-electron chi connectivity index (χ2n) is 9.38. The predicted molar refractivity (Wildman–Crippen MR) is 139 cm³/mol. The standard InChI is InChI=1S/C31H33F3O2/c1-3-4-19-35-28-18-17-27(30(32)29(28)31(33)34)25-14-16-26(36-20-25)15-9-22-7-12-24(13-8-22)23-10-5-21(2)6-11-23/h5-13,15,17-18,25-26,31H,3-4,14,16,19-20H2,1-2H3/b15-9+. The summed E-state index contributed by atoms with van der Waals surface area (Å²) in [7, 11) is 0. The lowest BCUT2D eigenvalue weighted by Gasteiger charge is -2.28. The fraction of sp³-hybridized carbons (Fsp3) is 0.355. The first-order valence-electron chi connectivity index (χ1n) is 12.7. The largest absolute Gasteiger partial charge is 0.493 e. The van der Waals surface area contributed by atoms with Crippen LogP contribution >= 0.6 is 0 Å². The summed E-state index contributed by atoms with van der Waals surface area (Å²) in [6.45, 7) is 4.64. The maximum atomic E-state index is 15.1. The van der Waals surface area contributed by atoms with Gasteiger partial charge in [0.1, 0.15) is 11.6 Å². The second kappa shape index (κ2) is 12.3. The van der Waals surface area contributed by atoms with Crippen LogP contribution in [-0.4, -0.2) is 19.3 Å². The third kappa shape index (κ3) is 6.38. The predicted octanol–water partition coefficient (Wildman–Crippen LogP) is 8.89. The fourth-order valence-corrected chi connectivity index (χ4v) is 4.48. The molecule has 2 atom stereocenters. The smallest absolute Gasteiger partial charge is 0.270 e. The van der Waals surface area contributed by atoms with E-state index in [-0.39, 0.29) is 29.9 Å². The van der Waals surface area contributed by atoms with Gasteiger partial charge < -0.3 is 9.47 Å². The molecule has 1 aliphatic rings. The van der Waals surface area contributed by atoms with Gasteiger partial charge in [0.05, 0.1) is 24.9 Å². The fourth-order valence-electron chi connectivity index (χ4n) is 4.48. The topological polar surface area (TPSA) is 18.5 Å². The molecule has 36 heavy (non-hydrogen) atoms. The Balaban J connectivity index is 1.36. The summed E-state index contributed by atoms with van der Waals surface area (Å²) in [5, 5.41) is 0. The molecule has 0 bridgehead atoms. The zero-order valence-electron chi connectivity index (χ0n) is 20.9. The van der Waals surface area contributed by atoms with E-state index in [1.165, 1.54) is 17.2 Å². The van der Waals surface area contributed by atoms with Crippen LogP contribution in [0.5, 0.6) is 5.75 Å². The van der Waals surface area contributed by atoms with Crippen molar-refractivity contribution in [1.29, 1.82) is 0 Å². The zero-order valence-corrected chi connectivity index (χ0v) is 20.9. The van der Waals surface area contributed by atoms with Crippen molar-refractivity contribution in [3.8, 4) is 16.9 Å². The van der Waals surface area contributed by atoms with Crippen molar-refractivity contribution in [2.75, 3.05) is 13.2 Å². The van der Waals surface area contributed by atoms with Crippen LogP contribution in [0.3, 0.4) is 0 Å². The van der Waals surface area contributed by atoms with Gasteiger partial charge in [-0.3, -0.25) is 0 Å². The number of unbranched alkanes of at least 4 members (excludes halogenated alkanes) is 1. The molecule has 4 rings (SSSR count). The molecule has 3 aromatic rings. The summed E-state index contributed by atoms with van der Waals surface area (Å²) in [6, 6.07) is 19.8. The Morgan fingerprint density at radius 2 is 1.67 bits per heavy atom. The molecule has 0 amide bonds. The molecule has 0 aliphatic carbocycles. The molecule has 0 saturated carbocycles. The lowest BCUT2D eigenvalue weighted by molar-refractivity contribution is 0.0321. The van der Waals surface area contributed by atoms with Crippen molar-refractivity contribution < 1.29 is 22.6 Å². The maximum Gasteiger partial charge on any atom is 0.270 e. The van der Waals surface area contributed by atoms with E-state index >= 15 is 4.39 Å². The van der Waals surface area contributed by atoms with Gasteiger partial charge in [-0.15, -0.1) is 0 Å². The average molecular weight is 495 g/mol. The molecule has 1 heterocycles. The van der Waals surface area contributed by atoms with Gasteiger partial charge in [-0.25, -0.2) is 13.2 Å². The normalized spacial score (nSPS) is 18.2. The third-order valence-corrected chi connectivity index (χ3v) is 6.69. The van der Waals surface area contributed by atoms with Crippen LogP contribution in [0.25, 0.3) is 17.2 Å². The maximum absolute atomic E-state index is 15.1. The van der Waals surface area contributed by atoms with Crippen molar-refractivity contribution in [2.45, 2.75) is 58.0 Å². The first kappa shape index (κ1) is 26.0. The first-order valence-corrected chi connectivity index (χ1v) is 12.7. The Morgan fingerprint density at radius 3 is 2.28 bits per heavy atom. The van der Waals surface area contributed by atoms with Crippen molar-refractivity contribution in [2.24, 2.45) is 0 Å². The van der Waals surface area contributed by atoms with Gasteiger partial charge in [-0.2, -0.15) is 0 Å². The lowest BCUT2D eigenvalue weighted by Crippen LogP contribution is -2.24. The Kier molecular flexibility index (Phi) is 8.87. The second-order valence-corrected chi connectivity index (χ2v) is 9.38. The summed E-state index contributed by atoms with van der Waals surface area (Å²) < 4.78 is 53.8. The van der Waals surface area contributed by atoms with E-state index in [1.807, 2.05) is 19.1 Å². The number of benzene rings is 3.